The van der Waals surface area contributed by atoms with Gasteiger partial charge in [0.1, 0.15) is 5.82 Å². The van der Waals surface area contributed by atoms with Crippen LogP contribution < -0.4 is 10.6 Å². The Morgan fingerprint density at radius 1 is 1.33 bits per heavy atom. The third-order valence-electron chi connectivity index (χ3n) is 3.77. The summed E-state index contributed by atoms with van der Waals surface area (Å²) in [5.74, 6) is 1.02. The van der Waals surface area contributed by atoms with Gasteiger partial charge < -0.3 is 10.6 Å². The number of aromatic nitrogens is 1. The van der Waals surface area contributed by atoms with Crippen LogP contribution in [0.2, 0.25) is 5.02 Å². The maximum atomic E-state index is 12.4. The van der Waals surface area contributed by atoms with E-state index in [1.54, 1.807) is 6.07 Å². The first-order chi connectivity index (χ1) is 10.0. The lowest BCUT2D eigenvalue weighted by Gasteiger charge is -2.22. The number of hydrogen-bond donors (Lipinski definition) is 2. The fourth-order valence-electron chi connectivity index (χ4n) is 2.36. The third-order valence-corrected chi connectivity index (χ3v) is 4.07. The molecule has 0 aliphatic rings. The van der Waals surface area contributed by atoms with E-state index in [1.807, 2.05) is 6.92 Å². The molecule has 0 aliphatic carbocycles. The molecule has 4 nitrogen and oxygen atoms in total. The van der Waals surface area contributed by atoms with Crippen molar-refractivity contribution in [1.82, 2.24) is 10.3 Å². The minimum atomic E-state index is -0.138. The number of nitrogens with one attached hydrogen (secondary N) is 2. The van der Waals surface area contributed by atoms with Crippen LogP contribution in [0.3, 0.4) is 0 Å². The maximum absolute atomic E-state index is 12.4. The Morgan fingerprint density at radius 3 is 2.57 bits per heavy atom. The molecule has 1 atom stereocenters. The first kappa shape index (κ1) is 17.8. The number of carbonyl (C=O) groups is 1. The van der Waals surface area contributed by atoms with Gasteiger partial charge in [0.15, 0.2) is 0 Å². The molecule has 1 aromatic rings. The third kappa shape index (κ3) is 5.20. The molecule has 1 aromatic heterocycles. The van der Waals surface area contributed by atoms with Gasteiger partial charge in [-0.15, -0.1) is 0 Å². The second-order valence-corrected chi connectivity index (χ2v) is 5.72. The summed E-state index contributed by atoms with van der Waals surface area (Å²) >= 11 is 6.10. The van der Waals surface area contributed by atoms with E-state index in [0.29, 0.717) is 22.3 Å². The molecule has 0 fully saturated rings. The van der Waals surface area contributed by atoms with Crippen molar-refractivity contribution in [3.8, 4) is 0 Å². The van der Waals surface area contributed by atoms with Crippen molar-refractivity contribution >= 4 is 23.3 Å². The van der Waals surface area contributed by atoms with Crippen LogP contribution in [-0.2, 0) is 0 Å². The van der Waals surface area contributed by atoms with Gasteiger partial charge in [0, 0.05) is 18.8 Å². The summed E-state index contributed by atoms with van der Waals surface area (Å²) in [6.07, 6.45) is 4.62. The van der Waals surface area contributed by atoms with E-state index in [0.717, 1.165) is 25.8 Å². The molecule has 21 heavy (non-hydrogen) atoms. The first-order valence-electron chi connectivity index (χ1n) is 7.73. The zero-order valence-electron chi connectivity index (χ0n) is 13.4. The van der Waals surface area contributed by atoms with Crippen LogP contribution in [-0.4, -0.2) is 23.5 Å². The largest absolute Gasteiger partial charge is 0.370 e. The molecule has 0 radical (unpaired) electrons. The van der Waals surface area contributed by atoms with E-state index >= 15 is 0 Å². The SMILES string of the molecule is CCCNc1cc(C(=O)NC(C)C(CC)CC)c(Cl)cn1. The zero-order valence-corrected chi connectivity index (χ0v) is 14.1. The van der Waals surface area contributed by atoms with Crippen molar-refractivity contribution in [2.45, 2.75) is 53.0 Å². The molecule has 1 unspecified atom stereocenters. The number of anilines is 1. The Hall–Kier alpha value is -1.29. The van der Waals surface area contributed by atoms with Gasteiger partial charge >= 0.3 is 0 Å². The molecule has 1 amide bonds. The molecule has 0 spiro atoms. The summed E-state index contributed by atoms with van der Waals surface area (Å²) < 4.78 is 0. The van der Waals surface area contributed by atoms with E-state index in [4.69, 9.17) is 11.6 Å². The maximum Gasteiger partial charge on any atom is 0.253 e. The van der Waals surface area contributed by atoms with Crippen LogP contribution >= 0.6 is 11.6 Å². The molecule has 1 rings (SSSR count). The number of nitrogens with zero attached hydrogens (tertiary/aromatic N) is 1. The average molecular weight is 312 g/mol. The summed E-state index contributed by atoms with van der Waals surface area (Å²) in [6.45, 7) is 9.22. The topological polar surface area (TPSA) is 54.0 Å². The molecule has 1 heterocycles. The van der Waals surface area contributed by atoms with Gasteiger partial charge in [-0.3, -0.25) is 4.79 Å². The highest BCUT2D eigenvalue weighted by molar-refractivity contribution is 6.33. The van der Waals surface area contributed by atoms with E-state index in [1.165, 1.54) is 6.20 Å². The minimum Gasteiger partial charge on any atom is -0.370 e. The molecule has 0 aliphatic heterocycles. The number of carbonyl (C=O) groups excluding carboxylic acids is 1. The number of hydrogen-bond acceptors (Lipinski definition) is 3. The monoisotopic (exact) mass is 311 g/mol. The Kier molecular flexibility index (Phi) is 7.51. The number of rotatable bonds is 8. The second kappa shape index (κ2) is 8.88. The number of amides is 1. The Balaban J connectivity index is 2.81. The predicted octanol–water partition coefficient (Wildman–Crippen LogP) is 4.11. The molecule has 118 valence electrons. The molecular weight excluding hydrogens is 286 g/mol. The quantitative estimate of drug-likeness (QED) is 0.759. The van der Waals surface area contributed by atoms with E-state index < -0.39 is 0 Å². The van der Waals surface area contributed by atoms with Gasteiger partial charge in [0.2, 0.25) is 0 Å². The molecule has 5 heteroatoms. The minimum absolute atomic E-state index is 0.129. The fourth-order valence-corrected chi connectivity index (χ4v) is 2.55. The highest BCUT2D eigenvalue weighted by atomic mass is 35.5. The van der Waals surface area contributed by atoms with Crippen LogP contribution in [0.5, 0.6) is 0 Å². The van der Waals surface area contributed by atoms with Gasteiger partial charge in [0.05, 0.1) is 10.6 Å². The van der Waals surface area contributed by atoms with Crippen molar-refractivity contribution in [3.05, 3.63) is 22.8 Å². The van der Waals surface area contributed by atoms with Crippen LogP contribution in [0.1, 0.15) is 57.3 Å². The highest BCUT2D eigenvalue weighted by Gasteiger charge is 2.19. The van der Waals surface area contributed by atoms with E-state index in [2.05, 4.69) is 36.4 Å². The summed E-state index contributed by atoms with van der Waals surface area (Å²) in [5.41, 5.74) is 0.475. The summed E-state index contributed by atoms with van der Waals surface area (Å²) in [4.78, 5) is 16.6. The lowest BCUT2D eigenvalue weighted by Crippen LogP contribution is -2.37. The van der Waals surface area contributed by atoms with E-state index in [9.17, 15) is 4.79 Å². The standard InChI is InChI=1S/C16H26ClN3O/c1-5-8-18-15-9-13(14(17)10-19-15)16(21)20-11(4)12(6-2)7-3/h9-12H,5-8H2,1-4H3,(H,18,19)(H,20,21). The molecule has 0 aromatic carbocycles. The zero-order chi connectivity index (χ0) is 15.8. The Labute approximate surface area is 132 Å². The van der Waals surface area contributed by atoms with Crippen molar-refractivity contribution in [3.63, 3.8) is 0 Å². The fraction of sp³-hybridized carbons (Fsp3) is 0.625. The number of pyridine rings is 1. The lowest BCUT2D eigenvalue weighted by molar-refractivity contribution is 0.0925. The Morgan fingerprint density at radius 2 is 2.00 bits per heavy atom. The highest BCUT2D eigenvalue weighted by Crippen LogP contribution is 2.19. The average Bonchev–Trinajstić information content (AvgIpc) is 2.47. The van der Waals surface area contributed by atoms with Crippen molar-refractivity contribution in [2.24, 2.45) is 5.92 Å². The van der Waals surface area contributed by atoms with E-state index in [-0.39, 0.29) is 11.9 Å². The predicted molar refractivity (Wildman–Crippen MR) is 89.0 cm³/mol. The van der Waals surface area contributed by atoms with Crippen LogP contribution in [0.25, 0.3) is 0 Å². The summed E-state index contributed by atoms with van der Waals surface area (Å²) in [5, 5.41) is 6.59. The summed E-state index contributed by atoms with van der Waals surface area (Å²) in [7, 11) is 0. The molecule has 0 saturated heterocycles. The van der Waals surface area contributed by atoms with Gasteiger partial charge in [-0.2, -0.15) is 0 Å². The molecular formula is C16H26ClN3O. The van der Waals surface area contributed by atoms with Crippen molar-refractivity contribution < 1.29 is 4.79 Å². The van der Waals surface area contributed by atoms with Gasteiger partial charge in [-0.05, 0) is 25.3 Å². The number of halogens is 1. The summed E-state index contributed by atoms with van der Waals surface area (Å²) in [6, 6.07) is 1.84. The normalized spacial score (nSPS) is 12.3. The molecule has 0 saturated carbocycles. The smallest absolute Gasteiger partial charge is 0.253 e. The van der Waals surface area contributed by atoms with Gasteiger partial charge in [-0.25, -0.2) is 4.98 Å². The Bertz CT molecular complexity index is 461. The van der Waals surface area contributed by atoms with Crippen molar-refractivity contribution in [2.75, 3.05) is 11.9 Å². The lowest BCUT2D eigenvalue weighted by atomic mass is 9.95. The molecule has 0 bridgehead atoms. The van der Waals surface area contributed by atoms with Crippen LogP contribution in [0.15, 0.2) is 12.3 Å². The van der Waals surface area contributed by atoms with Gasteiger partial charge in [-0.1, -0.05) is 45.2 Å². The second-order valence-electron chi connectivity index (χ2n) is 5.31. The first-order valence-corrected chi connectivity index (χ1v) is 8.11. The van der Waals surface area contributed by atoms with Gasteiger partial charge in [0.25, 0.3) is 5.91 Å². The molecule has 2 N–H and O–H groups in total. The van der Waals surface area contributed by atoms with Crippen molar-refractivity contribution in [1.29, 1.82) is 0 Å². The van der Waals surface area contributed by atoms with Crippen LogP contribution in [0, 0.1) is 5.92 Å². The van der Waals surface area contributed by atoms with Crippen LogP contribution in [0.4, 0.5) is 5.82 Å².